The van der Waals surface area contributed by atoms with Gasteiger partial charge in [-0.3, -0.25) is 14.9 Å². The Kier molecular flexibility index (Phi) is 4.54. The van der Waals surface area contributed by atoms with Crippen molar-refractivity contribution >= 4 is 52.4 Å². The van der Waals surface area contributed by atoms with Crippen molar-refractivity contribution in [3.8, 4) is 0 Å². The fourth-order valence-corrected chi connectivity index (χ4v) is 3.06. The van der Waals surface area contributed by atoms with Crippen LogP contribution < -0.4 is 0 Å². The van der Waals surface area contributed by atoms with E-state index in [0.717, 1.165) is 22.3 Å². The Bertz CT molecular complexity index is 874. The highest BCUT2D eigenvalue weighted by molar-refractivity contribution is 8.26. The number of hydrogen-bond donors (Lipinski definition) is 0. The van der Waals surface area contributed by atoms with Crippen molar-refractivity contribution in [2.75, 3.05) is 0 Å². The van der Waals surface area contributed by atoms with Gasteiger partial charge in [-0.15, -0.1) is 0 Å². The fourth-order valence-electron chi connectivity index (χ4n) is 1.88. The molecule has 1 aromatic heterocycles. The van der Waals surface area contributed by atoms with Crippen LogP contribution >= 0.6 is 24.0 Å². The van der Waals surface area contributed by atoms with Gasteiger partial charge in [0.15, 0.2) is 10.1 Å². The smallest absolute Gasteiger partial charge is 0.400 e. The SMILES string of the molecule is O=C1/C(=C\c2ccccc2)SC(=S)N1/N=C/c1ccc([N+](=O)[O-])o1. The standard InChI is InChI=1S/C15H9N3O4S2/c19-14-12(8-10-4-2-1-3-5-10)24-15(23)17(14)16-9-11-6-7-13(22-11)18(20)21/h1-9H/b12-8+,16-9+. The van der Waals surface area contributed by atoms with E-state index >= 15 is 0 Å². The van der Waals surface area contributed by atoms with E-state index in [1.807, 2.05) is 30.3 Å². The first kappa shape index (κ1) is 16.1. The molecule has 1 aliphatic rings. The molecule has 0 bridgehead atoms. The molecule has 1 aromatic carbocycles. The molecule has 24 heavy (non-hydrogen) atoms. The summed E-state index contributed by atoms with van der Waals surface area (Å²) in [5.41, 5.74) is 0.878. The zero-order chi connectivity index (χ0) is 17.1. The van der Waals surface area contributed by atoms with Crippen molar-refractivity contribution in [1.29, 1.82) is 0 Å². The molecule has 0 radical (unpaired) electrons. The Morgan fingerprint density at radius 1 is 1.25 bits per heavy atom. The first-order valence-electron chi connectivity index (χ1n) is 6.66. The molecule has 0 unspecified atom stereocenters. The van der Waals surface area contributed by atoms with Gasteiger partial charge in [-0.2, -0.15) is 10.1 Å². The minimum Gasteiger partial charge on any atom is -0.400 e. The molecule has 120 valence electrons. The minimum atomic E-state index is -0.653. The van der Waals surface area contributed by atoms with Crippen molar-refractivity contribution in [3.05, 3.63) is 68.8 Å². The molecule has 0 N–H and O–H groups in total. The third kappa shape index (κ3) is 3.42. The number of carbonyl (C=O) groups is 1. The monoisotopic (exact) mass is 359 g/mol. The van der Waals surface area contributed by atoms with Crippen molar-refractivity contribution in [1.82, 2.24) is 5.01 Å². The summed E-state index contributed by atoms with van der Waals surface area (Å²) in [6.07, 6.45) is 2.94. The highest BCUT2D eigenvalue weighted by atomic mass is 32.2. The van der Waals surface area contributed by atoms with Gasteiger partial charge in [-0.1, -0.05) is 42.1 Å². The number of nitrogens with zero attached hydrogens (tertiary/aromatic N) is 3. The van der Waals surface area contributed by atoms with Gasteiger partial charge in [0, 0.05) is 0 Å². The molecule has 2 aromatic rings. The normalized spacial score (nSPS) is 16.5. The second kappa shape index (κ2) is 6.77. The Morgan fingerprint density at radius 2 is 2.00 bits per heavy atom. The largest absolute Gasteiger partial charge is 0.433 e. The molecule has 0 aliphatic carbocycles. The van der Waals surface area contributed by atoms with Crippen LogP contribution in [0.15, 0.2) is 56.9 Å². The van der Waals surface area contributed by atoms with Crippen molar-refractivity contribution in [3.63, 3.8) is 0 Å². The summed E-state index contributed by atoms with van der Waals surface area (Å²) in [5, 5.41) is 15.6. The Hall–Kier alpha value is -2.78. The average Bonchev–Trinajstić information content (AvgIpc) is 3.13. The van der Waals surface area contributed by atoms with Crippen LogP contribution in [0.5, 0.6) is 0 Å². The zero-order valence-corrected chi connectivity index (χ0v) is 13.6. The summed E-state index contributed by atoms with van der Waals surface area (Å²) in [6.45, 7) is 0. The third-order valence-electron chi connectivity index (χ3n) is 2.96. The second-order valence-corrected chi connectivity index (χ2v) is 6.26. The zero-order valence-electron chi connectivity index (χ0n) is 12.0. The molecular weight excluding hydrogens is 350 g/mol. The van der Waals surface area contributed by atoms with Crippen LogP contribution in [0, 0.1) is 10.1 Å². The maximum absolute atomic E-state index is 12.4. The van der Waals surface area contributed by atoms with Crippen LogP contribution in [0.2, 0.25) is 0 Å². The number of hydrazone groups is 1. The topological polar surface area (TPSA) is 89.0 Å². The van der Waals surface area contributed by atoms with Crippen molar-refractivity contribution in [2.24, 2.45) is 5.10 Å². The van der Waals surface area contributed by atoms with Gasteiger partial charge in [-0.05, 0) is 29.9 Å². The summed E-state index contributed by atoms with van der Waals surface area (Å²) in [6, 6.07) is 12.0. The summed E-state index contributed by atoms with van der Waals surface area (Å²) >= 11 is 6.29. The molecular formula is C15H9N3O4S2. The molecule has 1 amide bonds. The first-order chi connectivity index (χ1) is 11.5. The highest BCUT2D eigenvalue weighted by Crippen LogP contribution is 2.32. The first-order valence-corrected chi connectivity index (χ1v) is 7.88. The van der Waals surface area contributed by atoms with E-state index in [1.54, 1.807) is 6.08 Å². The van der Waals surface area contributed by atoms with Gasteiger partial charge in [0.05, 0.1) is 17.2 Å². The van der Waals surface area contributed by atoms with Crippen molar-refractivity contribution < 1.29 is 14.1 Å². The van der Waals surface area contributed by atoms with E-state index in [9.17, 15) is 14.9 Å². The molecule has 2 heterocycles. The van der Waals surface area contributed by atoms with E-state index in [1.165, 1.54) is 18.3 Å². The number of thioether (sulfide) groups is 1. The summed E-state index contributed by atoms with van der Waals surface area (Å²) in [7, 11) is 0. The number of amides is 1. The molecule has 1 fully saturated rings. The Morgan fingerprint density at radius 3 is 2.67 bits per heavy atom. The minimum absolute atomic E-state index is 0.155. The lowest BCUT2D eigenvalue weighted by Gasteiger charge is -2.05. The number of nitro groups is 1. The number of hydrogen-bond acceptors (Lipinski definition) is 7. The van der Waals surface area contributed by atoms with Crippen LogP contribution in [0.3, 0.4) is 0 Å². The lowest BCUT2D eigenvalue weighted by molar-refractivity contribution is -0.402. The number of benzene rings is 1. The quantitative estimate of drug-likeness (QED) is 0.273. The van der Waals surface area contributed by atoms with E-state index < -0.39 is 10.8 Å². The fraction of sp³-hybridized carbons (Fsp3) is 0. The molecule has 1 saturated heterocycles. The number of carbonyl (C=O) groups excluding carboxylic acids is 1. The Labute approximate surface area is 145 Å². The summed E-state index contributed by atoms with van der Waals surface area (Å²) < 4.78 is 5.22. The van der Waals surface area contributed by atoms with Crippen molar-refractivity contribution in [2.45, 2.75) is 0 Å². The molecule has 0 saturated carbocycles. The lowest BCUT2D eigenvalue weighted by Crippen LogP contribution is -2.22. The molecule has 7 nitrogen and oxygen atoms in total. The summed E-state index contributed by atoms with van der Waals surface area (Å²) in [4.78, 5) is 22.7. The van der Waals surface area contributed by atoms with Gasteiger partial charge in [-0.25, -0.2) is 0 Å². The second-order valence-electron chi connectivity index (χ2n) is 4.58. The molecule has 0 spiro atoms. The van der Waals surface area contributed by atoms with Gasteiger partial charge in [0.25, 0.3) is 5.91 Å². The van der Waals surface area contributed by atoms with Gasteiger partial charge in [0.2, 0.25) is 0 Å². The van der Waals surface area contributed by atoms with E-state index in [2.05, 4.69) is 5.10 Å². The number of furan rings is 1. The number of rotatable bonds is 4. The molecule has 3 rings (SSSR count). The van der Waals surface area contributed by atoms with E-state index in [0.29, 0.717) is 4.91 Å². The van der Waals surface area contributed by atoms with Crippen LogP contribution in [-0.2, 0) is 4.79 Å². The van der Waals surface area contributed by atoms with E-state index in [4.69, 9.17) is 16.6 Å². The number of thiocarbonyl (C=S) groups is 1. The maximum atomic E-state index is 12.4. The Balaban J connectivity index is 1.78. The molecule has 0 atom stereocenters. The van der Waals surface area contributed by atoms with Crippen LogP contribution in [-0.4, -0.2) is 26.4 Å². The average molecular weight is 359 g/mol. The van der Waals surface area contributed by atoms with E-state index in [-0.39, 0.29) is 16.0 Å². The lowest BCUT2D eigenvalue weighted by atomic mass is 10.2. The maximum Gasteiger partial charge on any atom is 0.433 e. The van der Waals surface area contributed by atoms with Gasteiger partial charge >= 0.3 is 5.88 Å². The van der Waals surface area contributed by atoms with Gasteiger partial charge < -0.3 is 4.42 Å². The predicted octanol–water partition coefficient (Wildman–Crippen LogP) is 3.42. The summed E-state index contributed by atoms with van der Waals surface area (Å²) in [5.74, 6) is -0.597. The van der Waals surface area contributed by atoms with Crippen LogP contribution in [0.1, 0.15) is 11.3 Å². The highest BCUT2D eigenvalue weighted by Gasteiger charge is 2.32. The van der Waals surface area contributed by atoms with Crippen LogP contribution in [0.25, 0.3) is 6.08 Å². The third-order valence-corrected chi connectivity index (χ3v) is 4.25. The van der Waals surface area contributed by atoms with Gasteiger partial charge in [0.1, 0.15) is 4.92 Å². The predicted molar refractivity (Wildman–Crippen MR) is 94.4 cm³/mol. The molecule has 9 heteroatoms. The van der Waals surface area contributed by atoms with Crippen LogP contribution in [0.4, 0.5) is 5.88 Å². The molecule has 1 aliphatic heterocycles.